The summed E-state index contributed by atoms with van der Waals surface area (Å²) < 4.78 is 23.6. The van der Waals surface area contributed by atoms with Gasteiger partial charge in [0, 0.05) is 62.4 Å². The van der Waals surface area contributed by atoms with Gasteiger partial charge >= 0.3 is 6.03 Å². The van der Waals surface area contributed by atoms with Gasteiger partial charge in [-0.1, -0.05) is 18.2 Å². The quantitative estimate of drug-likeness (QED) is 0.744. The van der Waals surface area contributed by atoms with Crippen molar-refractivity contribution in [2.24, 2.45) is 0 Å². The number of carbonyl (C=O) groups is 1. The average molecular weight is 470 g/mol. The van der Waals surface area contributed by atoms with Gasteiger partial charge in [-0.25, -0.2) is 18.2 Å². The SMILES string of the molecule is Cc1cnc(N2CCC(N3CCc4ccccc4NC3=O)CC2)cc1N1CCS(=O)(=O)CC1. The Balaban J connectivity index is 1.24. The van der Waals surface area contributed by atoms with Gasteiger partial charge in [-0.3, -0.25) is 0 Å². The van der Waals surface area contributed by atoms with Crippen LogP contribution >= 0.6 is 0 Å². The number of rotatable bonds is 3. The summed E-state index contributed by atoms with van der Waals surface area (Å²) in [6.45, 7) is 5.49. The van der Waals surface area contributed by atoms with Gasteiger partial charge in [0.05, 0.1) is 11.5 Å². The predicted molar refractivity (Wildman–Crippen MR) is 131 cm³/mol. The van der Waals surface area contributed by atoms with E-state index in [4.69, 9.17) is 0 Å². The number of urea groups is 1. The summed E-state index contributed by atoms with van der Waals surface area (Å²) in [4.78, 5) is 24.0. The highest BCUT2D eigenvalue weighted by molar-refractivity contribution is 7.91. The Morgan fingerprint density at radius 2 is 1.73 bits per heavy atom. The molecule has 9 heteroatoms. The van der Waals surface area contributed by atoms with E-state index in [2.05, 4.69) is 32.2 Å². The fourth-order valence-corrected chi connectivity index (χ4v) is 6.32. The minimum absolute atomic E-state index is 0.00537. The number of hydrogen-bond donors (Lipinski definition) is 1. The Morgan fingerprint density at radius 1 is 1.00 bits per heavy atom. The summed E-state index contributed by atoms with van der Waals surface area (Å²) in [5.41, 5.74) is 4.24. The molecule has 1 N–H and O–H groups in total. The first kappa shape index (κ1) is 22.0. The van der Waals surface area contributed by atoms with Crippen LogP contribution in [0.15, 0.2) is 36.5 Å². The van der Waals surface area contributed by atoms with E-state index in [1.54, 1.807) is 0 Å². The van der Waals surface area contributed by atoms with Crippen molar-refractivity contribution in [2.45, 2.75) is 32.2 Å². The maximum Gasteiger partial charge on any atom is 0.322 e. The normalized spacial score (nSPS) is 21.4. The predicted octanol–water partition coefficient (Wildman–Crippen LogP) is 2.68. The monoisotopic (exact) mass is 469 g/mol. The first-order chi connectivity index (χ1) is 15.9. The molecule has 4 heterocycles. The standard InChI is InChI=1S/C24H31N5O3S/c1-18-17-25-23(16-22(18)27-12-14-33(31,32)15-13-27)28-9-7-20(8-10-28)29-11-6-19-4-2-3-5-21(19)26-24(29)30/h2-5,16-17,20H,6-15H2,1H3,(H,26,30). The molecule has 0 saturated carbocycles. The van der Waals surface area contributed by atoms with Gasteiger partial charge in [0.2, 0.25) is 0 Å². The lowest BCUT2D eigenvalue weighted by molar-refractivity contribution is 0.177. The van der Waals surface area contributed by atoms with Crippen molar-refractivity contribution in [1.29, 1.82) is 0 Å². The topological polar surface area (TPSA) is 85.8 Å². The number of nitrogens with zero attached hydrogens (tertiary/aromatic N) is 4. The van der Waals surface area contributed by atoms with E-state index in [0.717, 1.165) is 61.7 Å². The van der Waals surface area contributed by atoms with Crippen molar-refractivity contribution < 1.29 is 13.2 Å². The third-order valence-electron chi connectivity index (χ3n) is 7.12. The molecular formula is C24H31N5O3S. The van der Waals surface area contributed by atoms with E-state index in [1.165, 1.54) is 5.56 Å². The number of benzene rings is 1. The number of carbonyl (C=O) groups excluding carboxylic acids is 1. The Kier molecular flexibility index (Phi) is 5.90. The Bertz CT molecular complexity index is 1130. The first-order valence-corrected chi connectivity index (χ1v) is 13.5. The second kappa shape index (κ2) is 8.85. The second-order valence-corrected chi connectivity index (χ2v) is 11.5. The van der Waals surface area contributed by atoms with Crippen LogP contribution in [0.25, 0.3) is 0 Å². The number of pyridine rings is 1. The fourth-order valence-electron chi connectivity index (χ4n) is 5.11. The molecule has 2 fully saturated rings. The highest BCUT2D eigenvalue weighted by Gasteiger charge is 2.31. The fraction of sp³-hybridized carbons (Fsp3) is 0.500. The maximum absolute atomic E-state index is 12.9. The van der Waals surface area contributed by atoms with Crippen molar-refractivity contribution in [3.8, 4) is 0 Å². The molecule has 176 valence electrons. The molecule has 0 unspecified atom stereocenters. The third kappa shape index (κ3) is 4.64. The summed E-state index contributed by atoms with van der Waals surface area (Å²) in [5, 5.41) is 3.08. The zero-order valence-electron chi connectivity index (χ0n) is 19.0. The van der Waals surface area contributed by atoms with E-state index in [9.17, 15) is 13.2 Å². The van der Waals surface area contributed by atoms with Crippen molar-refractivity contribution in [1.82, 2.24) is 9.88 Å². The molecule has 33 heavy (non-hydrogen) atoms. The highest BCUT2D eigenvalue weighted by atomic mass is 32.2. The van der Waals surface area contributed by atoms with Crippen LogP contribution < -0.4 is 15.1 Å². The van der Waals surface area contributed by atoms with Crippen LogP contribution in [0.2, 0.25) is 0 Å². The summed E-state index contributed by atoms with van der Waals surface area (Å²) in [5.74, 6) is 1.34. The zero-order valence-corrected chi connectivity index (χ0v) is 19.9. The number of piperidine rings is 1. The smallest absolute Gasteiger partial charge is 0.322 e. The van der Waals surface area contributed by atoms with Crippen LogP contribution in [0.3, 0.4) is 0 Å². The molecule has 8 nitrogen and oxygen atoms in total. The molecule has 5 rings (SSSR count). The van der Waals surface area contributed by atoms with Gasteiger partial charge in [-0.15, -0.1) is 0 Å². The summed E-state index contributed by atoms with van der Waals surface area (Å²) in [6, 6.07) is 10.3. The third-order valence-corrected chi connectivity index (χ3v) is 8.73. The number of aromatic nitrogens is 1. The van der Waals surface area contributed by atoms with E-state index < -0.39 is 9.84 Å². The van der Waals surface area contributed by atoms with Crippen LogP contribution in [0.4, 0.5) is 22.0 Å². The molecule has 2 saturated heterocycles. The lowest BCUT2D eigenvalue weighted by Crippen LogP contribution is -2.49. The maximum atomic E-state index is 12.9. The molecule has 3 aliphatic heterocycles. The number of amides is 2. The minimum Gasteiger partial charge on any atom is -0.369 e. The van der Waals surface area contributed by atoms with Crippen LogP contribution in [0.5, 0.6) is 0 Å². The number of nitrogens with one attached hydrogen (secondary N) is 1. The zero-order chi connectivity index (χ0) is 23.0. The Morgan fingerprint density at radius 3 is 2.48 bits per heavy atom. The first-order valence-electron chi connectivity index (χ1n) is 11.7. The van der Waals surface area contributed by atoms with E-state index in [1.807, 2.05) is 36.2 Å². The van der Waals surface area contributed by atoms with Crippen molar-refractivity contribution >= 4 is 33.1 Å². The molecule has 2 aromatic rings. The van der Waals surface area contributed by atoms with Gasteiger partial charge in [0.15, 0.2) is 9.84 Å². The minimum atomic E-state index is -2.91. The van der Waals surface area contributed by atoms with Crippen LogP contribution in [-0.2, 0) is 16.3 Å². The Hall–Kier alpha value is -2.81. The second-order valence-electron chi connectivity index (χ2n) is 9.22. The molecule has 0 spiro atoms. The van der Waals surface area contributed by atoms with E-state index in [0.29, 0.717) is 13.1 Å². The number of aryl methyl sites for hydroxylation is 1. The van der Waals surface area contributed by atoms with Gasteiger partial charge < -0.3 is 20.0 Å². The Labute approximate surface area is 195 Å². The van der Waals surface area contributed by atoms with Gasteiger partial charge in [-0.05, 0) is 43.4 Å². The van der Waals surface area contributed by atoms with Crippen molar-refractivity contribution in [3.63, 3.8) is 0 Å². The lowest BCUT2D eigenvalue weighted by atomic mass is 10.0. The largest absolute Gasteiger partial charge is 0.369 e. The molecule has 2 amide bonds. The van der Waals surface area contributed by atoms with E-state index >= 15 is 0 Å². The molecule has 0 aliphatic carbocycles. The van der Waals surface area contributed by atoms with Crippen LogP contribution in [0.1, 0.15) is 24.0 Å². The summed E-state index contributed by atoms with van der Waals surface area (Å²) in [7, 11) is -2.91. The lowest BCUT2D eigenvalue weighted by Gasteiger charge is -2.39. The number of sulfone groups is 1. The molecule has 1 aromatic heterocycles. The molecule has 0 bridgehead atoms. The average Bonchev–Trinajstić information content (AvgIpc) is 2.98. The number of fused-ring (bicyclic) bond motifs is 1. The van der Waals surface area contributed by atoms with E-state index in [-0.39, 0.29) is 23.6 Å². The van der Waals surface area contributed by atoms with Crippen molar-refractivity contribution in [3.05, 3.63) is 47.7 Å². The molecule has 0 atom stereocenters. The van der Waals surface area contributed by atoms with Crippen LogP contribution in [0, 0.1) is 6.92 Å². The number of hydrogen-bond acceptors (Lipinski definition) is 6. The molecule has 0 radical (unpaired) electrons. The van der Waals surface area contributed by atoms with Crippen LogP contribution in [-0.4, -0.2) is 74.6 Å². The number of para-hydroxylation sites is 1. The van der Waals surface area contributed by atoms with Gasteiger partial charge in [0.25, 0.3) is 0 Å². The number of anilines is 3. The summed E-state index contributed by atoms with van der Waals surface area (Å²) >= 11 is 0. The molecule has 3 aliphatic rings. The molecular weight excluding hydrogens is 438 g/mol. The highest BCUT2D eigenvalue weighted by Crippen LogP contribution is 2.29. The molecule has 1 aromatic carbocycles. The van der Waals surface area contributed by atoms with Gasteiger partial charge in [0.1, 0.15) is 5.82 Å². The van der Waals surface area contributed by atoms with Crippen molar-refractivity contribution in [2.75, 3.05) is 59.3 Å². The van der Waals surface area contributed by atoms with Gasteiger partial charge in [-0.2, -0.15) is 0 Å². The summed E-state index contributed by atoms with van der Waals surface area (Å²) in [6.07, 6.45) is 4.55.